The van der Waals surface area contributed by atoms with Gasteiger partial charge >= 0.3 is 73.6 Å². The summed E-state index contributed by atoms with van der Waals surface area (Å²) in [6.07, 6.45) is 0. The monoisotopic (exact) mass is 318 g/mol. The molecule has 0 saturated carbocycles. The third kappa shape index (κ3) is 279. The Bertz CT molecular complexity index is 55.2. The summed E-state index contributed by atoms with van der Waals surface area (Å²) in [5.41, 5.74) is 0. The van der Waals surface area contributed by atoms with Gasteiger partial charge in [0.1, 0.15) is 0 Å². The first-order chi connectivity index (χ1) is 3.73. The van der Waals surface area contributed by atoms with Crippen molar-refractivity contribution < 1.29 is 34.3 Å². The van der Waals surface area contributed by atoms with E-state index in [0.717, 1.165) is 0 Å². The van der Waals surface area contributed by atoms with E-state index >= 15 is 0 Å². The average molecular weight is 317 g/mol. The largest absolute Gasteiger partial charge is 3.00 e. The van der Waals surface area contributed by atoms with Crippen molar-refractivity contribution in [1.29, 1.82) is 0 Å². The molecule has 0 rings (SSSR count). The average Bonchev–Trinajstić information content (AvgIpc) is 1.19. The normalized spacial score (nSPS) is 7.91. The SMILES string of the molecule is [Al+3].[Ba+2].[O-]B(O)O.[O-][Si]([O-])([O-])[O-]. The van der Waals surface area contributed by atoms with Crippen LogP contribution in [0.1, 0.15) is 0 Å². The van der Waals surface area contributed by atoms with Crippen LogP contribution in [0.2, 0.25) is 0 Å². The van der Waals surface area contributed by atoms with Gasteiger partial charge in [-0.05, 0) is 0 Å². The predicted octanol–water partition coefficient (Wildman–Crippen LogP) is -8.58. The zero-order valence-electron chi connectivity index (χ0n) is 5.30. The molecule has 0 unspecified atom stereocenters. The van der Waals surface area contributed by atoms with Crippen molar-refractivity contribution in [3.05, 3.63) is 0 Å². The van der Waals surface area contributed by atoms with E-state index in [9.17, 15) is 0 Å². The van der Waals surface area contributed by atoms with Gasteiger partial charge in [0.25, 0.3) is 0 Å². The van der Waals surface area contributed by atoms with E-state index in [1.54, 1.807) is 0 Å². The van der Waals surface area contributed by atoms with Crippen molar-refractivity contribution in [3.63, 3.8) is 0 Å². The summed E-state index contributed by atoms with van der Waals surface area (Å²) in [5, 5.41) is 22.8. The van der Waals surface area contributed by atoms with Crippen LogP contribution in [0.25, 0.3) is 0 Å². The number of hydrogen-bond donors (Lipinski definition) is 2. The summed E-state index contributed by atoms with van der Waals surface area (Å²) < 4.78 is 0. The topological polar surface area (TPSA) is 156 Å². The quantitative estimate of drug-likeness (QED) is 0.420. The van der Waals surface area contributed by atoms with Crippen LogP contribution in [0.5, 0.6) is 0 Å². The van der Waals surface area contributed by atoms with Gasteiger partial charge in [0.05, 0.1) is 0 Å². The molecule has 0 atom stereocenters. The van der Waals surface area contributed by atoms with Crippen LogP contribution in [-0.4, -0.2) is 92.7 Å². The van der Waals surface area contributed by atoms with E-state index in [-0.39, 0.29) is 66.2 Å². The predicted molar refractivity (Wildman–Crippen MR) is 27.5 cm³/mol. The molecule has 0 amide bonds. The second-order valence-electron chi connectivity index (χ2n) is 0.826. The van der Waals surface area contributed by atoms with Crippen LogP contribution < -0.4 is 24.2 Å². The minimum absolute atomic E-state index is 0. The fourth-order valence-corrected chi connectivity index (χ4v) is 0. The van der Waals surface area contributed by atoms with Crippen molar-refractivity contribution in [2.75, 3.05) is 0 Å². The Balaban J connectivity index is -0.0000000383. The molecule has 0 aromatic heterocycles. The van der Waals surface area contributed by atoms with Gasteiger partial charge in [-0.3, -0.25) is 0 Å². The van der Waals surface area contributed by atoms with Gasteiger partial charge in [-0.15, -0.1) is 0 Å². The summed E-state index contributed by atoms with van der Waals surface area (Å²) in [7, 11) is -8.03. The van der Waals surface area contributed by atoms with Crippen LogP contribution in [0.15, 0.2) is 0 Å². The summed E-state index contributed by atoms with van der Waals surface area (Å²) in [5.74, 6) is 0. The zero-order valence-corrected chi connectivity index (χ0v) is 11.9. The Kier molecular flexibility index (Phi) is 25.5. The van der Waals surface area contributed by atoms with Crippen molar-refractivity contribution in [1.82, 2.24) is 0 Å². The Morgan fingerprint density at radius 1 is 1.00 bits per heavy atom. The van der Waals surface area contributed by atoms with Gasteiger partial charge in [0.2, 0.25) is 0 Å². The smallest absolute Gasteiger partial charge is 0.894 e. The molecule has 0 radical (unpaired) electrons. The fourth-order valence-electron chi connectivity index (χ4n) is 0. The summed E-state index contributed by atoms with van der Waals surface area (Å²) in [6.45, 7) is 0. The van der Waals surface area contributed by atoms with Crippen molar-refractivity contribution >= 4 is 82.6 Å². The first-order valence-electron chi connectivity index (χ1n) is 1.57. The maximum absolute atomic E-state index is 8.64. The molecule has 0 heterocycles. The number of rotatable bonds is 0. The second-order valence-corrected chi connectivity index (χ2v) is 1.83. The maximum Gasteiger partial charge on any atom is 3.00 e. The Labute approximate surface area is 115 Å². The molecule has 0 aliphatic heterocycles. The van der Waals surface area contributed by atoms with Crippen LogP contribution in [0, 0.1) is 0 Å². The van der Waals surface area contributed by atoms with Crippen molar-refractivity contribution in [2.24, 2.45) is 0 Å². The second kappa shape index (κ2) is 12.1. The van der Waals surface area contributed by atoms with E-state index in [4.69, 9.17) is 34.3 Å². The van der Waals surface area contributed by atoms with Crippen molar-refractivity contribution in [3.8, 4) is 0 Å². The Morgan fingerprint density at radius 2 is 1.00 bits per heavy atom. The summed E-state index contributed by atoms with van der Waals surface area (Å²) in [6, 6.07) is 0. The van der Waals surface area contributed by atoms with Gasteiger partial charge in [0, 0.05) is 0 Å². The molecule has 11 heteroatoms. The Hall–Kier alpha value is 2.11. The minimum atomic E-state index is -5.61. The van der Waals surface area contributed by atoms with Crippen LogP contribution in [0.4, 0.5) is 0 Å². The fraction of sp³-hybridized carbons (Fsp3) is 0. The van der Waals surface area contributed by atoms with Gasteiger partial charge in [-0.2, -0.15) is 0 Å². The standard InChI is InChI=1S/Al.BH2O3.Ba.O4Si/c;2-1(3)4;;1-5(2,3)4/h;2-3H;;/q+3;-1;+2;-4. The third-order valence-electron chi connectivity index (χ3n) is 0. The van der Waals surface area contributed by atoms with Gasteiger partial charge < -0.3 is 43.3 Å². The van der Waals surface area contributed by atoms with Gasteiger partial charge in [-0.1, -0.05) is 0 Å². The zero-order chi connectivity index (χ0) is 8.08. The first kappa shape index (κ1) is 23.2. The molecular formula is H2AlBBaO7Si. The molecule has 11 heavy (non-hydrogen) atoms. The maximum atomic E-state index is 8.64. The molecule has 56 valence electrons. The summed E-state index contributed by atoms with van der Waals surface area (Å²) in [4.78, 5) is 34.3. The van der Waals surface area contributed by atoms with Crippen LogP contribution in [0.3, 0.4) is 0 Å². The van der Waals surface area contributed by atoms with Crippen LogP contribution >= 0.6 is 0 Å². The molecule has 2 N–H and O–H groups in total. The van der Waals surface area contributed by atoms with Crippen molar-refractivity contribution in [2.45, 2.75) is 0 Å². The third-order valence-corrected chi connectivity index (χ3v) is 0. The molecule has 0 aliphatic carbocycles. The molecule has 0 aromatic rings. The van der Waals surface area contributed by atoms with E-state index in [2.05, 4.69) is 0 Å². The molecule has 0 spiro atoms. The Morgan fingerprint density at radius 3 is 1.00 bits per heavy atom. The molecule has 7 nitrogen and oxygen atoms in total. The van der Waals surface area contributed by atoms with Gasteiger partial charge in [0.15, 0.2) is 0 Å². The van der Waals surface area contributed by atoms with Crippen LogP contribution in [-0.2, 0) is 0 Å². The van der Waals surface area contributed by atoms with E-state index in [1.807, 2.05) is 0 Å². The van der Waals surface area contributed by atoms with E-state index in [1.165, 1.54) is 0 Å². The van der Waals surface area contributed by atoms with E-state index < -0.39 is 16.4 Å². The molecule has 0 saturated heterocycles. The minimum Gasteiger partial charge on any atom is -0.894 e. The molecule has 0 fully saturated rings. The number of hydrogen-bond acceptors (Lipinski definition) is 7. The van der Waals surface area contributed by atoms with E-state index in [0.29, 0.717) is 0 Å². The first-order valence-corrected chi connectivity index (χ1v) is 3.20. The molecular weight excluding hydrogens is 315 g/mol. The molecule has 0 aromatic carbocycles. The molecule has 0 aliphatic rings. The van der Waals surface area contributed by atoms with Gasteiger partial charge in [-0.25, -0.2) is 0 Å². The molecule has 0 bridgehead atoms. The summed E-state index contributed by atoms with van der Waals surface area (Å²) >= 11 is 0.